The molecule has 2 fully saturated rings. The van der Waals surface area contributed by atoms with Gasteiger partial charge < -0.3 is 4.74 Å². The molecule has 2 heterocycles. The second kappa shape index (κ2) is 8.37. The molecule has 5 rings (SSSR count). The van der Waals surface area contributed by atoms with Crippen molar-refractivity contribution in [1.82, 2.24) is 0 Å². The molecule has 0 saturated carbocycles. The Kier molecular flexibility index (Phi) is 5.38. The van der Waals surface area contributed by atoms with Gasteiger partial charge in [0.1, 0.15) is 11.7 Å². The molecule has 2 aliphatic heterocycles. The van der Waals surface area contributed by atoms with Gasteiger partial charge in [-0.2, -0.15) is 0 Å². The Labute approximate surface area is 193 Å². The van der Waals surface area contributed by atoms with Crippen molar-refractivity contribution in [3.8, 4) is 5.75 Å². The lowest BCUT2D eigenvalue weighted by molar-refractivity contribution is -0.126. The van der Waals surface area contributed by atoms with Gasteiger partial charge in [-0.05, 0) is 68.3 Å². The second-order valence-electron chi connectivity index (χ2n) is 8.46. The number of carbonyl (C=O) groups is 2. The summed E-state index contributed by atoms with van der Waals surface area (Å²) in [6.45, 7) is 6.53. The third kappa shape index (κ3) is 3.56. The number of ether oxygens (including phenoxy) is 1. The SMILES string of the molecule is CCOc1ccc(N2C(=O)[C@@H]3[C@H](ON(c4ccccc4)[C@H]3c3ccc(C)cc3C)C2=O)cc1. The number of anilines is 2. The van der Waals surface area contributed by atoms with E-state index in [2.05, 4.69) is 6.07 Å². The van der Waals surface area contributed by atoms with E-state index in [-0.39, 0.29) is 11.8 Å². The Morgan fingerprint density at radius 1 is 0.879 bits per heavy atom. The van der Waals surface area contributed by atoms with Crippen molar-refractivity contribution >= 4 is 23.2 Å². The van der Waals surface area contributed by atoms with Gasteiger partial charge in [0, 0.05) is 0 Å². The maximum Gasteiger partial charge on any atom is 0.266 e. The van der Waals surface area contributed by atoms with E-state index in [9.17, 15) is 9.59 Å². The number of imide groups is 1. The summed E-state index contributed by atoms with van der Waals surface area (Å²) in [5, 5.41) is 1.73. The van der Waals surface area contributed by atoms with Crippen LogP contribution in [0.25, 0.3) is 0 Å². The molecule has 2 aliphatic rings. The number of hydrogen-bond donors (Lipinski definition) is 0. The normalized spacial score (nSPS) is 22.1. The van der Waals surface area contributed by atoms with Gasteiger partial charge in [-0.25, -0.2) is 9.96 Å². The fraction of sp³-hybridized carbons (Fsp3) is 0.259. The highest BCUT2D eigenvalue weighted by atomic mass is 16.7. The van der Waals surface area contributed by atoms with Crippen LogP contribution in [0.4, 0.5) is 11.4 Å². The van der Waals surface area contributed by atoms with Crippen molar-refractivity contribution in [3.63, 3.8) is 0 Å². The molecule has 3 aromatic rings. The Morgan fingerprint density at radius 3 is 2.27 bits per heavy atom. The fourth-order valence-corrected chi connectivity index (χ4v) is 4.80. The second-order valence-corrected chi connectivity index (χ2v) is 8.46. The van der Waals surface area contributed by atoms with Crippen molar-refractivity contribution in [1.29, 1.82) is 0 Å². The minimum atomic E-state index is -0.880. The first-order chi connectivity index (χ1) is 16.0. The van der Waals surface area contributed by atoms with Gasteiger partial charge >= 0.3 is 0 Å². The van der Waals surface area contributed by atoms with E-state index in [0.29, 0.717) is 18.0 Å². The predicted molar refractivity (Wildman–Crippen MR) is 126 cm³/mol. The molecule has 3 aromatic carbocycles. The Hall–Kier alpha value is -3.64. The quantitative estimate of drug-likeness (QED) is 0.534. The zero-order valence-electron chi connectivity index (χ0n) is 18.9. The van der Waals surface area contributed by atoms with Crippen molar-refractivity contribution < 1.29 is 19.2 Å². The zero-order chi connectivity index (χ0) is 23.1. The number of fused-ring (bicyclic) bond motifs is 1. The molecule has 2 saturated heterocycles. The van der Waals surface area contributed by atoms with Crippen LogP contribution < -0.4 is 14.7 Å². The van der Waals surface area contributed by atoms with E-state index in [0.717, 1.165) is 22.4 Å². The van der Waals surface area contributed by atoms with Crippen LogP contribution in [0, 0.1) is 19.8 Å². The van der Waals surface area contributed by atoms with Crippen LogP contribution in [-0.2, 0) is 14.4 Å². The highest BCUT2D eigenvalue weighted by molar-refractivity contribution is 6.24. The standard InChI is InChI=1S/C27H26N2O4/c1-4-32-21-13-11-19(12-14-21)28-26(30)23-24(22-15-10-17(2)16-18(22)3)29(33-25(23)27(28)31)20-8-6-5-7-9-20/h5-16,23-25H,4H2,1-3H3/t23-,24-,25-/m0/s1. The molecular formula is C27H26N2O4. The molecule has 0 N–H and O–H groups in total. The van der Waals surface area contributed by atoms with Gasteiger partial charge in [-0.15, -0.1) is 0 Å². The lowest BCUT2D eigenvalue weighted by Crippen LogP contribution is -2.37. The van der Waals surface area contributed by atoms with E-state index in [1.165, 1.54) is 4.90 Å². The molecule has 168 valence electrons. The summed E-state index contributed by atoms with van der Waals surface area (Å²) < 4.78 is 5.49. The zero-order valence-corrected chi connectivity index (χ0v) is 18.9. The van der Waals surface area contributed by atoms with E-state index < -0.39 is 18.1 Å². The van der Waals surface area contributed by atoms with Crippen LogP contribution in [0.2, 0.25) is 0 Å². The van der Waals surface area contributed by atoms with Crippen LogP contribution >= 0.6 is 0 Å². The van der Waals surface area contributed by atoms with Crippen LogP contribution in [-0.4, -0.2) is 24.5 Å². The Morgan fingerprint density at radius 2 is 1.61 bits per heavy atom. The van der Waals surface area contributed by atoms with E-state index >= 15 is 0 Å². The topological polar surface area (TPSA) is 59.1 Å². The summed E-state index contributed by atoms with van der Waals surface area (Å²) in [6, 6.07) is 22.4. The summed E-state index contributed by atoms with van der Waals surface area (Å²) in [6.07, 6.45) is -0.880. The molecule has 0 aromatic heterocycles. The predicted octanol–water partition coefficient (Wildman–Crippen LogP) is 4.75. The van der Waals surface area contributed by atoms with E-state index in [1.807, 2.05) is 63.2 Å². The average molecular weight is 443 g/mol. The summed E-state index contributed by atoms with van der Waals surface area (Å²) in [5.41, 5.74) is 4.52. The third-order valence-corrected chi connectivity index (χ3v) is 6.28. The fourth-order valence-electron chi connectivity index (χ4n) is 4.80. The number of benzene rings is 3. The van der Waals surface area contributed by atoms with Crippen LogP contribution in [0.15, 0.2) is 72.8 Å². The molecule has 3 atom stereocenters. The Bertz CT molecular complexity index is 1190. The number of hydrogen-bond acceptors (Lipinski definition) is 5. The van der Waals surface area contributed by atoms with Crippen LogP contribution in [0.1, 0.15) is 29.7 Å². The maximum atomic E-state index is 13.7. The minimum absolute atomic E-state index is 0.252. The number of aryl methyl sites for hydroxylation is 2. The van der Waals surface area contributed by atoms with Crippen molar-refractivity contribution in [3.05, 3.63) is 89.5 Å². The van der Waals surface area contributed by atoms with Gasteiger partial charge in [-0.3, -0.25) is 14.4 Å². The Balaban J connectivity index is 1.55. The number of nitrogens with zero attached hydrogens (tertiary/aromatic N) is 2. The number of amides is 2. The first-order valence-electron chi connectivity index (χ1n) is 11.2. The lowest BCUT2D eigenvalue weighted by Gasteiger charge is -2.29. The summed E-state index contributed by atoms with van der Waals surface area (Å²) in [7, 11) is 0. The summed E-state index contributed by atoms with van der Waals surface area (Å²) in [5.74, 6) is -0.550. The number of carbonyl (C=O) groups excluding carboxylic acids is 2. The molecule has 33 heavy (non-hydrogen) atoms. The van der Waals surface area contributed by atoms with E-state index in [1.54, 1.807) is 29.3 Å². The summed E-state index contributed by atoms with van der Waals surface area (Å²) >= 11 is 0. The number of para-hydroxylation sites is 1. The van der Waals surface area contributed by atoms with Gasteiger partial charge in [-0.1, -0.05) is 42.0 Å². The molecule has 6 heteroatoms. The largest absolute Gasteiger partial charge is 0.494 e. The third-order valence-electron chi connectivity index (χ3n) is 6.28. The van der Waals surface area contributed by atoms with Crippen LogP contribution in [0.3, 0.4) is 0 Å². The highest BCUT2D eigenvalue weighted by Crippen LogP contribution is 2.48. The smallest absolute Gasteiger partial charge is 0.266 e. The molecule has 0 radical (unpaired) electrons. The number of hydroxylamine groups is 1. The number of rotatable bonds is 5. The molecule has 2 amide bonds. The van der Waals surface area contributed by atoms with Gasteiger partial charge in [0.15, 0.2) is 6.10 Å². The van der Waals surface area contributed by atoms with Gasteiger partial charge in [0.2, 0.25) is 5.91 Å². The maximum absolute atomic E-state index is 13.7. The van der Waals surface area contributed by atoms with Crippen molar-refractivity contribution in [2.45, 2.75) is 32.9 Å². The molecule has 0 aliphatic carbocycles. The monoisotopic (exact) mass is 442 g/mol. The first-order valence-corrected chi connectivity index (χ1v) is 11.2. The molecule has 0 spiro atoms. The molecular weight excluding hydrogens is 416 g/mol. The van der Waals surface area contributed by atoms with Crippen molar-refractivity contribution in [2.75, 3.05) is 16.6 Å². The first kappa shape index (κ1) is 21.2. The lowest BCUT2D eigenvalue weighted by atomic mass is 9.87. The summed E-state index contributed by atoms with van der Waals surface area (Å²) in [4.78, 5) is 34.6. The van der Waals surface area contributed by atoms with Crippen LogP contribution in [0.5, 0.6) is 5.75 Å². The minimum Gasteiger partial charge on any atom is -0.494 e. The van der Waals surface area contributed by atoms with Gasteiger partial charge in [0.05, 0.1) is 24.0 Å². The average Bonchev–Trinajstić information content (AvgIpc) is 3.31. The molecule has 6 nitrogen and oxygen atoms in total. The van der Waals surface area contributed by atoms with Crippen molar-refractivity contribution in [2.24, 2.45) is 5.92 Å². The van der Waals surface area contributed by atoms with Gasteiger partial charge in [0.25, 0.3) is 5.91 Å². The molecule has 0 bridgehead atoms. The molecule has 0 unspecified atom stereocenters. The van der Waals surface area contributed by atoms with E-state index in [4.69, 9.17) is 9.57 Å². The highest BCUT2D eigenvalue weighted by Gasteiger charge is 2.60.